The number of benzene rings is 2. The van der Waals surface area contributed by atoms with Crippen LogP contribution >= 0.6 is 22.6 Å². The average Bonchev–Trinajstić information content (AvgIpc) is 2.59. The summed E-state index contributed by atoms with van der Waals surface area (Å²) in [5, 5.41) is 3.16. The molecule has 126 valence electrons. The van der Waals surface area contributed by atoms with Gasteiger partial charge in [0.15, 0.2) is 11.5 Å². The lowest BCUT2D eigenvalue weighted by Crippen LogP contribution is -2.32. The highest BCUT2D eigenvalue weighted by Gasteiger charge is 2.22. The van der Waals surface area contributed by atoms with Crippen molar-refractivity contribution in [3.63, 3.8) is 0 Å². The maximum atomic E-state index is 12.7. The van der Waals surface area contributed by atoms with E-state index in [0.717, 1.165) is 20.6 Å². The lowest BCUT2D eigenvalue weighted by molar-refractivity contribution is 0.0924. The molecule has 0 saturated carbocycles. The zero-order chi connectivity index (χ0) is 17.1. The van der Waals surface area contributed by atoms with E-state index in [2.05, 4.69) is 41.8 Å². The summed E-state index contributed by atoms with van der Waals surface area (Å²) < 4.78 is 12.2. The summed E-state index contributed by atoms with van der Waals surface area (Å²) in [5.74, 6) is 1.69. The zero-order valence-electron chi connectivity index (χ0n) is 13.7. The Morgan fingerprint density at radius 2 is 1.79 bits per heavy atom. The van der Waals surface area contributed by atoms with Gasteiger partial charge < -0.3 is 14.8 Å². The number of amides is 1. The molecule has 24 heavy (non-hydrogen) atoms. The summed E-state index contributed by atoms with van der Waals surface area (Å²) in [5.41, 5.74) is 1.72. The molecule has 0 spiro atoms. The van der Waals surface area contributed by atoms with Crippen molar-refractivity contribution < 1.29 is 14.3 Å². The minimum Gasteiger partial charge on any atom is -0.486 e. The van der Waals surface area contributed by atoms with E-state index >= 15 is 0 Å². The van der Waals surface area contributed by atoms with Crippen LogP contribution in [0.2, 0.25) is 0 Å². The number of carbonyl (C=O) groups excluding carboxylic acids is 1. The molecule has 1 aliphatic heterocycles. The zero-order valence-corrected chi connectivity index (χ0v) is 15.9. The van der Waals surface area contributed by atoms with Crippen molar-refractivity contribution in [2.45, 2.75) is 19.9 Å². The van der Waals surface area contributed by atoms with E-state index < -0.39 is 0 Å². The Morgan fingerprint density at radius 3 is 2.50 bits per heavy atom. The Balaban J connectivity index is 1.85. The molecule has 0 aromatic heterocycles. The molecule has 5 heteroatoms. The van der Waals surface area contributed by atoms with E-state index in [-0.39, 0.29) is 17.9 Å². The SMILES string of the molecule is CC(C)C(NC(=O)c1ccccc1I)c1ccc2c(c1)OCCO2. The van der Waals surface area contributed by atoms with Gasteiger partial charge in [0.1, 0.15) is 13.2 Å². The van der Waals surface area contributed by atoms with Crippen molar-refractivity contribution in [2.24, 2.45) is 5.92 Å². The number of carbonyl (C=O) groups is 1. The minimum atomic E-state index is -0.0932. The van der Waals surface area contributed by atoms with Crippen LogP contribution < -0.4 is 14.8 Å². The van der Waals surface area contributed by atoms with Gasteiger partial charge in [0.2, 0.25) is 0 Å². The summed E-state index contributed by atoms with van der Waals surface area (Å²) in [6, 6.07) is 13.4. The maximum absolute atomic E-state index is 12.7. The normalized spacial score (nSPS) is 14.3. The topological polar surface area (TPSA) is 47.6 Å². The van der Waals surface area contributed by atoms with Crippen LogP contribution in [0.15, 0.2) is 42.5 Å². The predicted octanol–water partition coefficient (Wildman–Crippen LogP) is 4.19. The number of nitrogens with one attached hydrogen (secondary N) is 1. The number of fused-ring (bicyclic) bond motifs is 1. The lowest BCUT2D eigenvalue weighted by Gasteiger charge is -2.25. The van der Waals surface area contributed by atoms with Crippen LogP contribution in [0.1, 0.15) is 35.8 Å². The van der Waals surface area contributed by atoms with Gasteiger partial charge in [-0.3, -0.25) is 4.79 Å². The molecule has 4 nitrogen and oxygen atoms in total. The maximum Gasteiger partial charge on any atom is 0.252 e. The van der Waals surface area contributed by atoms with Crippen LogP contribution in [0.4, 0.5) is 0 Å². The third-order valence-corrected chi connectivity index (χ3v) is 4.94. The Kier molecular flexibility index (Phi) is 5.28. The molecular formula is C19H20INO3. The largest absolute Gasteiger partial charge is 0.486 e. The minimum absolute atomic E-state index is 0.0615. The molecule has 0 saturated heterocycles. The molecule has 0 fully saturated rings. The average molecular weight is 437 g/mol. The first-order chi connectivity index (χ1) is 11.6. The number of halogens is 1. The van der Waals surface area contributed by atoms with E-state index in [1.807, 2.05) is 42.5 Å². The molecular weight excluding hydrogens is 417 g/mol. The van der Waals surface area contributed by atoms with Crippen LogP contribution in [0.3, 0.4) is 0 Å². The van der Waals surface area contributed by atoms with Crippen molar-refractivity contribution in [3.8, 4) is 11.5 Å². The fraction of sp³-hybridized carbons (Fsp3) is 0.316. The molecule has 0 radical (unpaired) electrons. The van der Waals surface area contributed by atoms with Crippen molar-refractivity contribution in [3.05, 3.63) is 57.2 Å². The second kappa shape index (κ2) is 7.42. The van der Waals surface area contributed by atoms with E-state index in [9.17, 15) is 4.79 Å². The first-order valence-electron chi connectivity index (χ1n) is 8.01. The van der Waals surface area contributed by atoms with Crippen molar-refractivity contribution in [2.75, 3.05) is 13.2 Å². The molecule has 3 rings (SSSR count). The molecule has 1 aliphatic rings. The monoisotopic (exact) mass is 437 g/mol. The molecule has 2 aromatic carbocycles. The number of hydrogen-bond acceptors (Lipinski definition) is 3. The van der Waals surface area contributed by atoms with Crippen LogP contribution in [-0.4, -0.2) is 19.1 Å². The van der Waals surface area contributed by atoms with Crippen LogP contribution in [0, 0.1) is 9.49 Å². The summed E-state index contributed by atoms with van der Waals surface area (Å²) >= 11 is 2.19. The highest BCUT2D eigenvalue weighted by molar-refractivity contribution is 14.1. The second-order valence-electron chi connectivity index (χ2n) is 6.08. The summed E-state index contributed by atoms with van der Waals surface area (Å²) in [6.45, 7) is 5.32. The van der Waals surface area contributed by atoms with Gasteiger partial charge in [0.05, 0.1) is 11.6 Å². The second-order valence-corrected chi connectivity index (χ2v) is 7.24. The highest BCUT2D eigenvalue weighted by Crippen LogP contribution is 2.34. The predicted molar refractivity (Wildman–Crippen MR) is 102 cm³/mol. The van der Waals surface area contributed by atoms with Gasteiger partial charge >= 0.3 is 0 Å². The van der Waals surface area contributed by atoms with Gasteiger partial charge in [-0.25, -0.2) is 0 Å². The van der Waals surface area contributed by atoms with Gasteiger partial charge in [-0.2, -0.15) is 0 Å². The smallest absolute Gasteiger partial charge is 0.252 e. The Hall–Kier alpha value is -1.76. The molecule has 1 N–H and O–H groups in total. The van der Waals surface area contributed by atoms with Crippen molar-refractivity contribution >= 4 is 28.5 Å². The fourth-order valence-electron chi connectivity index (χ4n) is 2.75. The van der Waals surface area contributed by atoms with E-state index in [0.29, 0.717) is 18.8 Å². The lowest BCUT2D eigenvalue weighted by atomic mass is 9.95. The van der Waals surface area contributed by atoms with Crippen LogP contribution in [-0.2, 0) is 0 Å². The third-order valence-electron chi connectivity index (χ3n) is 4.00. The summed E-state index contributed by atoms with van der Waals surface area (Å²) in [6.07, 6.45) is 0. The Bertz CT molecular complexity index is 745. The molecule has 1 atom stereocenters. The van der Waals surface area contributed by atoms with E-state index in [1.165, 1.54) is 0 Å². The Labute approximate surface area is 155 Å². The van der Waals surface area contributed by atoms with E-state index in [1.54, 1.807) is 0 Å². The third kappa shape index (κ3) is 3.66. The summed E-state index contributed by atoms with van der Waals surface area (Å²) in [4.78, 5) is 12.7. The molecule has 0 bridgehead atoms. The van der Waals surface area contributed by atoms with Crippen molar-refractivity contribution in [1.82, 2.24) is 5.32 Å². The molecule has 1 heterocycles. The Morgan fingerprint density at radius 1 is 1.08 bits per heavy atom. The van der Waals surface area contributed by atoms with Gasteiger partial charge in [0, 0.05) is 3.57 Å². The van der Waals surface area contributed by atoms with Crippen molar-refractivity contribution in [1.29, 1.82) is 0 Å². The molecule has 0 aliphatic carbocycles. The van der Waals surface area contributed by atoms with E-state index in [4.69, 9.17) is 9.47 Å². The standard InChI is InChI=1S/C19H20INO3/c1-12(2)18(21-19(22)14-5-3-4-6-15(14)20)13-7-8-16-17(11-13)24-10-9-23-16/h3-8,11-12,18H,9-10H2,1-2H3,(H,21,22). The molecule has 1 amide bonds. The number of ether oxygens (including phenoxy) is 2. The van der Waals surface area contributed by atoms with Crippen LogP contribution in [0.5, 0.6) is 11.5 Å². The fourth-order valence-corrected chi connectivity index (χ4v) is 3.38. The number of rotatable bonds is 4. The molecule has 1 unspecified atom stereocenters. The quantitative estimate of drug-likeness (QED) is 0.730. The summed E-state index contributed by atoms with van der Waals surface area (Å²) in [7, 11) is 0. The first-order valence-corrected chi connectivity index (χ1v) is 9.09. The van der Waals surface area contributed by atoms with Gasteiger partial charge in [-0.05, 0) is 58.3 Å². The van der Waals surface area contributed by atoms with Gasteiger partial charge in [-0.1, -0.05) is 32.0 Å². The first kappa shape index (κ1) is 17.1. The molecule has 2 aromatic rings. The van der Waals surface area contributed by atoms with Gasteiger partial charge in [-0.15, -0.1) is 0 Å². The van der Waals surface area contributed by atoms with Crippen LogP contribution in [0.25, 0.3) is 0 Å². The highest BCUT2D eigenvalue weighted by atomic mass is 127. The van der Waals surface area contributed by atoms with Gasteiger partial charge in [0.25, 0.3) is 5.91 Å². The number of hydrogen-bond donors (Lipinski definition) is 1.